The fourth-order valence-corrected chi connectivity index (χ4v) is 8.87. The summed E-state index contributed by atoms with van der Waals surface area (Å²) in [5.41, 5.74) is 6.40. The van der Waals surface area contributed by atoms with Crippen LogP contribution in [0.3, 0.4) is 0 Å². The minimum Gasteiger partial charge on any atom is -0.296 e. The number of aromatic nitrogens is 2. The summed E-state index contributed by atoms with van der Waals surface area (Å²) in [4.78, 5) is 4.60. The molecule has 0 aliphatic carbocycles. The van der Waals surface area contributed by atoms with Crippen molar-refractivity contribution in [2.75, 3.05) is 0 Å². The number of aryl methyl sites for hydroxylation is 1. The topological polar surface area (TPSA) is 17.8 Å². The fourth-order valence-electron chi connectivity index (χ4n) is 7.74. The second-order valence-electron chi connectivity index (χ2n) is 12.2. The number of fused-ring (bicyclic) bond motifs is 7. The normalized spacial score (nSPS) is 14.0. The second kappa shape index (κ2) is 10.6. The van der Waals surface area contributed by atoms with Gasteiger partial charge in [-0.05, 0) is 79.5 Å². The van der Waals surface area contributed by atoms with E-state index in [-0.39, 0.29) is 5.82 Å². The van der Waals surface area contributed by atoms with Crippen molar-refractivity contribution in [3.8, 4) is 27.9 Å². The van der Waals surface area contributed by atoms with Gasteiger partial charge in [0.2, 0.25) is 0 Å². The quantitative estimate of drug-likeness (QED) is 0.176. The third-order valence-electron chi connectivity index (χ3n) is 9.69. The smallest absolute Gasteiger partial charge is 0.114 e. The fraction of sp³-hybridized carbons (Fsp3) is 0.0444. The maximum absolute atomic E-state index is 8.80. The van der Waals surface area contributed by atoms with E-state index in [1.165, 1.54) is 31.3 Å². The molecule has 2 nitrogen and oxygen atoms in total. The van der Waals surface area contributed by atoms with Gasteiger partial charge in [0.1, 0.15) is 5.82 Å². The van der Waals surface area contributed by atoms with Gasteiger partial charge >= 0.3 is 0 Å². The summed E-state index contributed by atoms with van der Waals surface area (Å²) in [5, 5.41) is 8.94. The van der Waals surface area contributed by atoms with Gasteiger partial charge in [-0.2, -0.15) is 0 Å². The number of nitrogens with zero attached hydrogens (tertiary/aromatic N) is 2. The maximum Gasteiger partial charge on any atom is 0.114 e. The highest BCUT2D eigenvalue weighted by atomic mass is 32.1. The van der Waals surface area contributed by atoms with Crippen molar-refractivity contribution in [3.63, 3.8) is 0 Å². The molecule has 0 amide bonds. The number of imidazole rings is 1. The molecule has 2 aromatic heterocycles. The average molecular weight is 636 g/mol. The molecule has 48 heavy (non-hydrogen) atoms. The Kier molecular flexibility index (Phi) is 5.03. The van der Waals surface area contributed by atoms with Crippen LogP contribution >= 0.6 is 11.3 Å². The van der Waals surface area contributed by atoms with Crippen LogP contribution in [-0.2, 0) is 6.37 Å². The molecule has 0 radical (unpaired) electrons. The highest BCUT2D eigenvalue weighted by Crippen LogP contribution is 2.49. The third-order valence-corrected chi connectivity index (χ3v) is 10.8. The largest absolute Gasteiger partial charge is 0.296 e. The highest BCUT2D eigenvalue weighted by Gasteiger charge is 2.22. The first-order chi connectivity index (χ1) is 25.7. The molecular formula is C45H30N2S. The van der Waals surface area contributed by atoms with Gasteiger partial charge in [0, 0.05) is 38.8 Å². The van der Waals surface area contributed by atoms with Crippen LogP contribution in [0.15, 0.2) is 152 Å². The zero-order valence-corrected chi connectivity index (χ0v) is 26.6. The lowest BCUT2D eigenvalue weighted by atomic mass is 9.83. The molecule has 0 N–H and O–H groups in total. The standard InChI is InChI=1S/C45H30N2S/c1-2-42-46-37-22-10-11-23-39(37)47(42)38-27-26-34(28-14-3-4-15-29(28)38)43-30-16-5-7-18-32(30)44(33-19-8-6-17-31(33)43)36-21-13-25-41-45(36)35-20-9-12-24-40(35)48-41/h3-27H,2H2,1H3/i1D3,2D2. The Morgan fingerprint density at radius 2 is 1.12 bits per heavy atom. The summed E-state index contributed by atoms with van der Waals surface area (Å²) in [7, 11) is 0. The van der Waals surface area contributed by atoms with Crippen molar-refractivity contribution < 1.29 is 6.85 Å². The third kappa shape index (κ3) is 3.89. The number of hydrogen-bond acceptors (Lipinski definition) is 2. The molecule has 0 aliphatic rings. The monoisotopic (exact) mass is 635 g/mol. The van der Waals surface area contributed by atoms with Crippen LogP contribution in [0.4, 0.5) is 0 Å². The van der Waals surface area contributed by atoms with Crippen molar-refractivity contribution in [2.24, 2.45) is 0 Å². The molecule has 3 heteroatoms. The lowest BCUT2D eigenvalue weighted by Gasteiger charge is -2.20. The van der Waals surface area contributed by atoms with Crippen molar-refractivity contribution in [2.45, 2.75) is 13.2 Å². The molecule has 0 bridgehead atoms. The van der Waals surface area contributed by atoms with Gasteiger partial charge in [0.25, 0.3) is 0 Å². The Morgan fingerprint density at radius 3 is 1.85 bits per heavy atom. The molecule has 0 atom stereocenters. The van der Waals surface area contributed by atoms with E-state index in [0.29, 0.717) is 16.7 Å². The summed E-state index contributed by atoms with van der Waals surface area (Å²) >= 11 is 1.83. The Morgan fingerprint density at radius 1 is 0.542 bits per heavy atom. The van der Waals surface area contributed by atoms with Gasteiger partial charge in [-0.25, -0.2) is 4.98 Å². The molecule has 0 spiro atoms. The first kappa shape index (κ1) is 22.7. The van der Waals surface area contributed by atoms with Gasteiger partial charge in [-0.3, -0.25) is 4.57 Å². The lowest BCUT2D eigenvalue weighted by molar-refractivity contribution is 0.913. The average Bonchev–Trinajstić information content (AvgIpc) is 3.76. The predicted molar refractivity (Wildman–Crippen MR) is 207 cm³/mol. The van der Waals surface area contributed by atoms with E-state index >= 15 is 0 Å². The summed E-state index contributed by atoms with van der Waals surface area (Å²) in [5.74, 6) is -0.146. The molecule has 10 aromatic rings. The first-order valence-electron chi connectivity index (χ1n) is 18.6. The molecule has 226 valence electrons. The van der Waals surface area contributed by atoms with Crippen LogP contribution in [0.25, 0.3) is 91.5 Å². The van der Waals surface area contributed by atoms with Crippen molar-refractivity contribution >= 4 is 74.9 Å². The van der Waals surface area contributed by atoms with Crippen molar-refractivity contribution in [1.82, 2.24) is 9.55 Å². The van der Waals surface area contributed by atoms with Crippen molar-refractivity contribution in [3.05, 3.63) is 157 Å². The maximum atomic E-state index is 8.80. The lowest BCUT2D eigenvalue weighted by Crippen LogP contribution is -2.01. The van der Waals surface area contributed by atoms with Crippen LogP contribution in [0, 0.1) is 0 Å². The molecular weight excluding hydrogens is 601 g/mol. The molecule has 10 rings (SSSR count). The van der Waals surface area contributed by atoms with Crippen LogP contribution < -0.4 is 0 Å². The molecule has 0 saturated carbocycles. The van der Waals surface area contributed by atoms with Crippen LogP contribution in [0.1, 0.15) is 19.5 Å². The summed E-state index contributed by atoms with van der Waals surface area (Å²) in [6.45, 7) is -2.93. The van der Waals surface area contributed by atoms with Gasteiger partial charge in [-0.1, -0.05) is 128 Å². The number of thiophene rings is 1. The van der Waals surface area contributed by atoms with E-state index in [2.05, 4.69) is 108 Å². The first-order valence-corrected chi connectivity index (χ1v) is 16.9. The minimum atomic E-state index is -2.93. The number of rotatable bonds is 4. The SMILES string of the molecule is [2H]C([2H])([2H])C([2H])([2H])c1nc2ccccc2n1-c1ccc(-c2c3ccccc3c(-c3cccc4sc5ccccc5c34)c3ccccc23)c2ccccc12. The molecule has 0 aliphatic heterocycles. The Bertz CT molecular complexity index is 3040. The van der Waals surface area contributed by atoms with E-state index in [9.17, 15) is 0 Å². The van der Waals surface area contributed by atoms with E-state index in [4.69, 9.17) is 6.85 Å². The second-order valence-corrected chi connectivity index (χ2v) is 13.3. The van der Waals surface area contributed by atoms with Gasteiger partial charge < -0.3 is 0 Å². The number of hydrogen-bond donors (Lipinski definition) is 0. The minimum absolute atomic E-state index is 0.146. The van der Waals surface area contributed by atoms with Crippen LogP contribution in [-0.4, -0.2) is 9.55 Å². The Labute approximate surface area is 289 Å². The summed E-state index contributed by atoms with van der Waals surface area (Å²) < 4.78 is 46.2. The predicted octanol–water partition coefficient (Wildman–Crippen LogP) is 12.7. The van der Waals surface area contributed by atoms with Gasteiger partial charge in [0.15, 0.2) is 0 Å². The van der Waals surface area contributed by atoms with Crippen molar-refractivity contribution in [1.29, 1.82) is 0 Å². The van der Waals surface area contributed by atoms with Crippen LogP contribution in [0.2, 0.25) is 0 Å². The number of benzene rings is 8. The zero-order valence-electron chi connectivity index (χ0n) is 30.7. The van der Waals surface area contributed by atoms with E-state index in [1.807, 2.05) is 53.8 Å². The molecule has 0 saturated heterocycles. The summed E-state index contributed by atoms with van der Waals surface area (Å²) in [6.07, 6.45) is -2.70. The molecule has 8 aromatic carbocycles. The van der Waals surface area contributed by atoms with E-state index in [0.717, 1.165) is 43.4 Å². The van der Waals surface area contributed by atoms with Gasteiger partial charge in [-0.15, -0.1) is 11.3 Å². The van der Waals surface area contributed by atoms with E-state index in [1.54, 1.807) is 10.6 Å². The molecule has 2 heterocycles. The number of para-hydroxylation sites is 2. The van der Waals surface area contributed by atoms with Crippen LogP contribution in [0.5, 0.6) is 0 Å². The van der Waals surface area contributed by atoms with E-state index < -0.39 is 13.2 Å². The Hall–Kier alpha value is -5.77. The molecule has 0 fully saturated rings. The van der Waals surface area contributed by atoms with Gasteiger partial charge in [0.05, 0.1) is 16.7 Å². The zero-order chi connectivity index (χ0) is 36.1. The highest BCUT2D eigenvalue weighted by molar-refractivity contribution is 7.25. The molecule has 0 unspecified atom stereocenters. The Balaban J connectivity index is 1.29. The summed E-state index contributed by atoms with van der Waals surface area (Å²) in [6, 6.07) is 52.1.